The molecule has 1 fully saturated rings. The Hall–Kier alpha value is -3.06. The minimum Gasteiger partial charge on any atom is -0.338 e. The number of carbonyl (C=O) groups is 1. The number of para-hydroxylation sites is 1. The summed E-state index contributed by atoms with van der Waals surface area (Å²) in [6.45, 7) is 3.80. The molecule has 1 saturated heterocycles. The molecule has 1 aromatic carbocycles. The number of nitrogens with one attached hydrogen (secondary N) is 1. The summed E-state index contributed by atoms with van der Waals surface area (Å²) in [6.07, 6.45) is 3.28. The molecule has 0 unspecified atom stereocenters. The number of anilines is 2. The number of nitrogens with zero attached hydrogens (tertiary/aromatic N) is 5. The predicted octanol–water partition coefficient (Wildman–Crippen LogP) is 2.03. The van der Waals surface area contributed by atoms with Crippen molar-refractivity contribution in [1.29, 1.82) is 0 Å². The van der Waals surface area contributed by atoms with E-state index in [4.69, 9.17) is 0 Å². The third kappa shape index (κ3) is 3.48. The Morgan fingerprint density at radius 1 is 1.00 bits per heavy atom. The number of aromatic nitrogens is 3. The van der Waals surface area contributed by atoms with E-state index < -0.39 is 0 Å². The van der Waals surface area contributed by atoms with Crippen LogP contribution in [0.15, 0.2) is 48.8 Å². The van der Waals surface area contributed by atoms with Crippen LogP contribution in [0.1, 0.15) is 10.5 Å². The van der Waals surface area contributed by atoms with Crippen LogP contribution in [0.3, 0.4) is 0 Å². The molecule has 0 radical (unpaired) electrons. The molecule has 0 bridgehead atoms. The first-order chi connectivity index (χ1) is 12.7. The van der Waals surface area contributed by atoms with Crippen molar-refractivity contribution in [2.24, 2.45) is 0 Å². The van der Waals surface area contributed by atoms with Crippen LogP contribution in [0.4, 0.5) is 11.6 Å². The molecule has 1 aliphatic heterocycles. The van der Waals surface area contributed by atoms with Crippen LogP contribution in [0.5, 0.6) is 0 Å². The quantitative estimate of drug-likeness (QED) is 0.781. The summed E-state index contributed by atoms with van der Waals surface area (Å²) in [6, 6.07) is 11.3. The second-order valence-electron chi connectivity index (χ2n) is 6.41. The van der Waals surface area contributed by atoms with E-state index in [0.717, 1.165) is 37.1 Å². The van der Waals surface area contributed by atoms with E-state index in [0.29, 0.717) is 17.3 Å². The van der Waals surface area contributed by atoms with Crippen molar-refractivity contribution in [1.82, 2.24) is 19.9 Å². The van der Waals surface area contributed by atoms with Gasteiger partial charge >= 0.3 is 0 Å². The van der Waals surface area contributed by atoms with Crippen LogP contribution < -0.4 is 10.2 Å². The molecule has 0 spiro atoms. The molecule has 3 aromatic rings. The molecular formula is C19H20N6O. The van der Waals surface area contributed by atoms with Crippen molar-refractivity contribution >= 4 is 28.4 Å². The van der Waals surface area contributed by atoms with Gasteiger partial charge in [-0.2, -0.15) is 0 Å². The van der Waals surface area contributed by atoms with Crippen molar-refractivity contribution in [2.75, 3.05) is 43.4 Å². The van der Waals surface area contributed by atoms with Gasteiger partial charge in [0.05, 0.1) is 23.6 Å². The van der Waals surface area contributed by atoms with Gasteiger partial charge in [0.1, 0.15) is 5.69 Å². The molecule has 0 saturated carbocycles. The Kier molecular flexibility index (Phi) is 4.45. The topological polar surface area (TPSA) is 74.2 Å². The lowest BCUT2D eigenvalue weighted by Gasteiger charge is -2.32. The highest BCUT2D eigenvalue weighted by Gasteiger charge is 2.16. The second-order valence-corrected chi connectivity index (χ2v) is 6.41. The SMILES string of the molecule is CN1CCN(c2ncc(NC(=O)c3ccc4ccccc4n3)cn2)CC1. The standard InChI is InChI=1S/C19H20N6O/c1-24-8-10-25(11-9-24)19-20-12-15(13-21-19)22-18(26)17-7-6-14-4-2-3-5-16(14)23-17/h2-7,12-13H,8-11H2,1H3,(H,22,26). The molecule has 4 rings (SSSR count). The van der Waals surface area contributed by atoms with Gasteiger partial charge in [0, 0.05) is 31.6 Å². The minimum absolute atomic E-state index is 0.272. The van der Waals surface area contributed by atoms with Crippen LogP contribution >= 0.6 is 0 Å². The summed E-state index contributed by atoms with van der Waals surface area (Å²) in [4.78, 5) is 30.0. The number of likely N-dealkylation sites (N-methyl/N-ethyl adjacent to an activating group) is 1. The van der Waals surface area contributed by atoms with Crippen molar-refractivity contribution < 1.29 is 4.79 Å². The molecule has 1 N–H and O–H groups in total. The lowest BCUT2D eigenvalue weighted by atomic mass is 10.2. The summed E-state index contributed by atoms with van der Waals surface area (Å²) in [5.41, 5.74) is 1.72. The zero-order valence-corrected chi connectivity index (χ0v) is 14.6. The Bertz CT molecular complexity index is 919. The number of fused-ring (bicyclic) bond motifs is 1. The fourth-order valence-corrected chi connectivity index (χ4v) is 2.94. The lowest BCUT2D eigenvalue weighted by Crippen LogP contribution is -2.45. The van der Waals surface area contributed by atoms with Crippen LogP contribution in [0.2, 0.25) is 0 Å². The van der Waals surface area contributed by atoms with Crippen molar-refractivity contribution in [2.45, 2.75) is 0 Å². The summed E-state index contributed by atoms with van der Waals surface area (Å²) < 4.78 is 0. The van der Waals surface area contributed by atoms with E-state index in [-0.39, 0.29) is 5.91 Å². The Morgan fingerprint density at radius 3 is 2.50 bits per heavy atom. The van der Waals surface area contributed by atoms with Gasteiger partial charge < -0.3 is 15.1 Å². The Balaban J connectivity index is 1.45. The number of carbonyl (C=O) groups excluding carboxylic acids is 1. The average Bonchev–Trinajstić information content (AvgIpc) is 2.69. The van der Waals surface area contributed by atoms with Gasteiger partial charge in [0.2, 0.25) is 5.95 Å². The number of piperazine rings is 1. The maximum absolute atomic E-state index is 12.4. The first-order valence-corrected chi connectivity index (χ1v) is 8.62. The fraction of sp³-hybridized carbons (Fsp3) is 0.263. The van der Waals surface area contributed by atoms with Crippen LogP contribution in [-0.2, 0) is 0 Å². The molecule has 7 heteroatoms. The third-order valence-electron chi connectivity index (χ3n) is 4.51. The molecular weight excluding hydrogens is 328 g/mol. The molecule has 26 heavy (non-hydrogen) atoms. The van der Waals surface area contributed by atoms with E-state index in [1.807, 2.05) is 30.3 Å². The minimum atomic E-state index is -0.272. The zero-order valence-electron chi connectivity index (χ0n) is 14.6. The van der Waals surface area contributed by atoms with Crippen molar-refractivity contribution in [3.05, 3.63) is 54.5 Å². The molecule has 1 amide bonds. The fourth-order valence-electron chi connectivity index (χ4n) is 2.94. The highest BCUT2D eigenvalue weighted by Crippen LogP contribution is 2.15. The van der Waals surface area contributed by atoms with E-state index >= 15 is 0 Å². The Labute approximate surface area is 151 Å². The average molecular weight is 348 g/mol. The second kappa shape index (κ2) is 7.05. The maximum Gasteiger partial charge on any atom is 0.274 e. The largest absolute Gasteiger partial charge is 0.338 e. The summed E-state index contributed by atoms with van der Waals surface area (Å²) in [5.74, 6) is 0.423. The van der Waals surface area contributed by atoms with Crippen molar-refractivity contribution in [3.8, 4) is 0 Å². The monoisotopic (exact) mass is 348 g/mol. The molecule has 3 heterocycles. The summed E-state index contributed by atoms with van der Waals surface area (Å²) in [5, 5.41) is 3.81. The number of pyridine rings is 1. The normalized spacial score (nSPS) is 15.2. The molecule has 132 valence electrons. The van der Waals surface area contributed by atoms with Gasteiger partial charge in [0.15, 0.2) is 0 Å². The number of amides is 1. The van der Waals surface area contributed by atoms with Gasteiger partial charge in [-0.3, -0.25) is 4.79 Å². The van der Waals surface area contributed by atoms with Gasteiger partial charge in [-0.05, 0) is 19.2 Å². The number of benzene rings is 1. The molecule has 0 atom stereocenters. The predicted molar refractivity (Wildman–Crippen MR) is 101 cm³/mol. The molecule has 2 aromatic heterocycles. The lowest BCUT2D eigenvalue weighted by molar-refractivity contribution is 0.102. The number of hydrogen-bond donors (Lipinski definition) is 1. The maximum atomic E-state index is 12.4. The third-order valence-corrected chi connectivity index (χ3v) is 4.51. The molecule has 7 nitrogen and oxygen atoms in total. The smallest absolute Gasteiger partial charge is 0.274 e. The van der Waals surface area contributed by atoms with Crippen LogP contribution in [0.25, 0.3) is 10.9 Å². The highest BCUT2D eigenvalue weighted by molar-refractivity contribution is 6.03. The van der Waals surface area contributed by atoms with Gasteiger partial charge in [-0.25, -0.2) is 15.0 Å². The van der Waals surface area contributed by atoms with E-state index in [1.165, 1.54) is 0 Å². The Morgan fingerprint density at radius 2 is 1.73 bits per heavy atom. The van der Waals surface area contributed by atoms with Crippen molar-refractivity contribution in [3.63, 3.8) is 0 Å². The number of hydrogen-bond acceptors (Lipinski definition) is 6. The molecule has 1 aliphatic rings. The first-order valence-electron chi connectivity index (χ1n) is 8.62. The van der Waals surface area contributed by atoms with Crippen LogP contribution in [-0.4, -0.2) is 59.0 Å². The van der Waals surface area contributed by atoms with Gasteiger partial charge in [-0.1, -0.05) is 24.3 Å². The van der Waals surface area contributed by atoms with E-state index in [9.17, 15) is 4.79 Å². The summed E-state index contributed by atoms with van der Waals surface area (Å²) in [7, 11) is 2.11. The summed E-state index contributed by atoms with van der Waals surface area (Å²) >= 11 is 0. The highest BCUT2D eigenvalue weighted by atomic mass is 16.1. The first kappa shape index (κ1) is 16.4. The van der Waals surface area contributed by atoms with E-state index in [1.54, 1.807) is 18.5 Å². The zero-order chi connectivity index (χ0) is 17.9. The van der Waals surface area contributed by atoms with E-state index in [2.05, 4.69) is 37.1 Å². The van der Waals surface area contributed by atoms with Gasteiger partial charge in [0.25, 0.3) is 5.91 Å². The number of rotatable bonds is 3. The molecule has 0 aliphatic carbocycles. The van der Waals surface area contributed by atoms with Gasteiger partial charge in [-0.15, -0.1) is 0 Å². The van der Waals surface area contributed by atoms with Crippen LogP contribution in [0, 0.1) is 0 Å².